The molecule has 15 atom stereocenters. The van der Waals surface area contributed by atoms with Gasteiger partial charge >= 0.3 is 0 Å². The molecule has 10 N–H and O–H groups in total. The molecule has 4 rings (SSSR count). The van der Waals surface area contributed by atoms with E-state index in [0.717, 1.165) is 0 Å². The fourth-order valence-electron chi connectivity index (χ4n) is 7.01. The SMILES string of the molecule is C=C1CC[C@H](O)[C@@]2(CO)CC[C@@H](C(C)(C)O)[C@@H](O[C@@H]3O[C@H](CO[C@H]4O[C@H](CO)[C@@H](O)[C@H](O)[C@H]4O)[C@@H](O)[C@H](O)[C@H]3O)[C@H]12. The molecule has 4 fully saturated rings. The zero-order chi connectivity index (χ0) is 30.4. The van der Waals surface area contributed by atoms with Crippen molar-refractivity contribution in [2.24, 2.45) is 17.3 Å². The molecule has 0 radical (unpaired) electrons. The Balaban J connectivity index is 1.55. The smallest absolute Gasteiger partial charge is 0.187 e. The van der Waals surface area contributed by atoms with Gasteiger partial charge in [-0.15, -0.1) is 0 Å². The summed E-state index contributed by atoms with van der Waals surface area (Å²) >= 11 is 0. The quantitative estimate of drug-likeness (QED) is 0.123. The Kier molecular flexibility index (Phi) is 10.2. The monoisotopic (exact) mass is 594 g/mol. The summed E-state index contributed by atoms with van der Waals surface area (Å²) in [5, 5.41) is 104. The van der Waals surface area contributed by atoms with Crippen LogP contribution in [0, 0.1) is 17.3 Å². The Labute approximate surface area is 238 Å². The number of aliphatic hydroxyl groups is 10. The summed E-state index contributed by atoms with van der Waals surface area (Å²) in [4.78, 5) is 0. The molecule has 2 aliphatic heterocycles. The zero-order valence-corrected chi connectivity index (χ0v) is 23.3. The van der Waals surface area contributed by atoms with Gasteiger partial charge in [0.15, 0.2) is 12.6 Å². The second-order valence-corrected chi connectivity index (χ2v) is 12.5. The van der Waals surface area contributed by atoms with E-state index in [2.05, 4.69) is 6.58 Å². The van der Waals surface area contributed by atoms with Crippen molar-refractivity contribution in [3.8, 4) is 0 Å². The van der Waals surface area contributed by atoms with Crippen LogP contribution in [0.15, 0.2) is 12.2 Å². The third kappa shape index (κ3) is 6.11. The van der Waals surface area contributed by atoms with E-state index in [4.69, 9.17) is 18.9 Å². The molecule has 14 heteroatoms. The maximum atomic E-state index is 11.0. The van der Waals surface area contributed by atoms with Gasteiger partial charge in [0.25, 0.3) is 0 Å². The first-order chi connectivity index (χ1) is 19.2. The van der Waals surface area contributed by atoms with Crippen molar-refractivity contribution < 1.29 is 70.0 Å². The number of hydrogen-bond acceptors (Lipinski definition) is 14. The average molecular weight is 595 g/mol. The summed E-state index contributed by atoms with van der Waals surface area (Å²) in [7, 11) is 0. The topological polar surface area (TPSA) is 239 Å². The maximum Gasteiger partial charge on any atom is 0.187 e. The van der Waals surface area contributed by atoms with Gasteiger partial charge in [-0.3, -0.25) is 0 Å². The third-order valence-electron chi connectivity index (χ3n) is 9.54. The highest BCUT2D eigenvalue weighted by Gasteiger charge is 2.59. The van der Waals surface area contributed by atoms with Crippen molar-refractivity contribution in [3.63, 3.8) is 0 Å². The van der Waals surface area contributed by atoms with Crippen molar-refractivity contribution in [2.45, 2.75) is 119 Å². The van der Waals surface area contributed by atoms with E-state index in [0.29, 0.717) is 31.3 Å². The van der Waals surface area contributed by atoms with Crippen LogP contribution in [0.1, 0.15) is 39.5 Å². The van der Waals surface area contributed by atoms with Gasteiger partial charge in [0.2, 0.25) is 0 Å². The number of ether oxygens (including phenoxy) is 4. The lowest BCUT2D eigenvalue weighted by Gasteiger charge is -2.58. The second kappa shape index (κ2) is 12.7. The van der Waals surface area contributed by atoms with Crippen LogP contribution >= 0.6 is 0 Å². The molecule has 0 bridgehead atoms. The Morgan fingerprint density at radius 1 is 0.854 bits per heavy atom. The van der Waals surface area contributed by atoms with Gasteiger partial charge in [0.1, 0.15) is 48.8 Å². The van der Waals surface area contributed by atoms with Crippen molar-refractivity contribution in [1.82, 2.24) is 0 Å². The van der Waals surface area contributed by atoms with E-state index >= 15 is 0 Å². The fraction of sp³-hybridized carbons (Fsp3) is 0.926. The molecular weight excluding hydrogens is 548 g/mol. The third-order valence-corrected chi connectivity index (χ3v) is 9.54. The van der Waals surface area contributed by atoms with Gasteiger partial charge in [-0.25, -0.2) is 0 Å². The lowest BCUT2D eigenvalue weighted by atomic mass is 9.52. The van der Waals surface area contributed by atoms with Crippen molar-refractivity contribution in [3.05, 3.63) is 12.2 Å². The van der Waals surface area contributed by atoms with Gasteiger partial charge in [-0.2, -0.15) is 0 Å². The molecule has 0 spiro atoms. The largest absolute Gasteiger partial charge is 0.396 e. The highest BCUT2D eigenvalue weighted by atomic mass is 16.7. The Morgan fingerprint density at radius 3 is 2.02 bits per heavy atom. The van der Waals surface area contributed by atoms with Crippen LogP contribution in [-0.4, -0.2) is 150 Å². The average Bonchev–Trinajstić information content (AvgIpc) is 2.93. The molecule has 4 aliphatic rings. The molecule has 41 heavy (non-hydrogen) atoms. The minimum atomic E-state index is -1.76. The highest BCUT2D eigenvalue weighted by Crippen LogP contribution is 2.56. The van der Waals surface area contributed by atoms with Gasteiger partial charge < -0.3 is 70.0 Å². The predicted octanol–water partition coefficient (Wildman–Crippen LogP) is -3.52. The van der Waals surface area contributed by atoms with Crippen LogP contribution < -0.4 is 0 Å². The first-order valence-corrected chi connectivity index (χ1v) is 14.1. The van der Waals surface area contributed by atoms with Crippen LogP contribution in [0.25, 0.3) is 0 Å². The van der Waals surface area contributed by atoms with Crippen molar-refractivity contribution in [2.75, 3.05) is 19.8 Å². The van der Waals surface area contributed by atoms with E-state index < -0.39 is 110 Å². The molecule has 2 saturated carbocycles. The minimum Gasteiger partial charge on any atom is -0.396 e. The van der Waals surface area contributed by atoms with Crippen LogP contribution in [-0.2, 0) is 18.9 Å². The molecule has 238 valence electrons. The van der Waals surface area contributed by atoms with Crippen LogP contribution in [0.4, 0.5) is 0 Å². The summed E-state index contributed by atoms with van der Waals surface area (Å²) < 4.78 is 22.9. The van der Waals surface area contributed by atoms with Gasteiger partial charge in [0, 0.05) is 17.3 Å². The highest BCUT2D eigenvalue weighted by molar-refractivity contribution is 5.20. The summed E-state index contributed by atoms with van der Waals surface area (Å²) in [5.74, 6) is -1.16. The van der Waals surface area contributed by atoms with Crippen LogP contribution in [0.3, 0.4) is 0 Å². The normalized spacial score (nSPS) is 49.5. The fourth-order valence-corrected chi connectivity index (χ4v) is 7.01. The van der Waals surface area contributed by atoms with Gasteiger partial charge in [-0.1, -0.05) is 12.2 Å². The molecule has 0 aromatic carbocycles. The minimum absolute atomic E-state index is 0.360. The Bertz CT molecular complexity index is 896. The van der Waals surface area contributed by atoms with E-state index in [-0.39, 0.29) is 6.61 Å². The van der Waals surface area contributed by atoms with Crippen LogP contribution in [0.5, 0.6) is 0 Å². The Morgan fingerprint density at radius 2 is 1.44 bits per heavy atom. The predicted molar refractivity (Wildman–Crippen MR) is 138 cm³/mol. The Hall–Kier alpha value is -0.820. The standard InChI is InChI=1S/C27H46O14/c1-11-4-5-15(30)27(10-29)7-6-12(26(2,3)37)23(16(11)27)41-25-22(36)20(34)18(32)14(40-25)9-38-24-21(35)19(33)17(31)13(8-28)39-24/h12-25,28-37H,1,4-10H2,2-3H3/t12-,13-,14-,15+,16+,17-,18-,19+,20+,21-,22-,23-,24+,25+,27+/m1/s1. The van der Waals surface area contributed by atoms with E-state index in [1.54, 1.807) is 13.8 Å². The molecule has 14 nitrogen and oxygen atoms in total. The molecular formula is C27H46O14. The van der Waals surface area contributed by atoms with Crippen molar-refractivity contribution >= 4 is 0 Å². The molecule has 0 unspecified atom stereocenters. The first-order valence-electron chi connectivity index (χ1n) is 14.1. The summed E-state index contributed by atoms with van der Waals surface area (Å²) in [6.45, 7) is 5.83. The number of hydrogen-bond donors (Lipinski definition) is 10. The number of rotatable bonds is 8. The zero-order valence-electron chi connectivity index (χ0n) is 23.3. The van der Waals surface area contributed by atoms with E-state index in [9.17, 15) is 51.1 Å². The summed E-state index contributed by atoms with van der Waals surface area (Å²) in [6.07, 6.45) is -15.9. The summed E-state index contributed by atoms with van der Waals surface area (Å²) in [5.41, 5.74) is -1.57. The molecule has 0 aromatic heterocycles. The van der Waals surface area contributed by atoms with Gasteiger partial charge in [0.05, 0.1) is 37.6 Å². The molecule has 0 aromatic rings. The lowest BCUT2D eigenvalue weighted by Crippen LogP contribution is -2.65. The first kappa shape index (κ1) is 33.1. The molecule has 0 amide bonds. The number of fused-ring (bicyclic) bond motifs is 1. The number of aliphatic hydroxyl groups excluding tert-OH is 9. The second-order valence-electron chi connectivity index (χ2n) is 12.5. The molecule has 2 aliphatic carbocycles. The maximum absolute atomic E-state index is 11.0. The van der Waals surface area contributed by atoms with Crippen molar-refractivity contribution in [1.29, 1.82) is 0 Å². The molecule has 2 saturated heterocycles. The van der Waals surface area contributed by atoms with E-state index in [1.165, 1.54) is 0 Å². The lowest BCUT2D eigenvalue weighted by molar-refractivity contribution is -0.346. The summed E-state index contributed by atoms with van der Waals surface area (Å²) in [6, 6.07) is 0. The van der Waals surface area contributed by atoms with E-state index in [1.807, 2.05) is 0 Å². The molecule has 2 heterocycles. The van der Waals surface area contributed by atoms with Crippen LogP contribution in [0.2, 0.25) is 0 Å². The van der Waals surface area contributed by atoms with Gasteiger partial charge in [-0.05, 0) is 39.5 Å².